The van der Waals surface area contributed by atoms with Gasteiger partial charge in [0.05, 0.1) is 0 Å². The lowest BCUT2D eigenvalue weighted by Gasteiger charge is -2.40. The minimum absolute atomic E-state index is 0.0353. The van der Waals surface area contributed by atoms with E-state index >= 15 is 0 Å². The van der Waals surface area contributed by atoms with Gasteiger partial charge in [-0.25, -0.2) is 14.4 Å². The van der Waals surface area contributed by atoms with Crippen LogP contribution in [0.15, 0.2) is 60.9 Å². The lowest BCUT2D eigenvalue weighted by molar-refractivity contribution is 0.0673. The molecule has 1 amide bonds. The largest absolute Gasteiger partial charge is 0.439 e. The summed E-state index contributed by atoms with van der Waals surface area (Å²) in [6, 6.07) is 14.4. The van der Waals surface area contributed by atoms with Gasteiger partial charge in [-0.1, -0.05) is 11.6 Å². The first-order valence-electron chi connectivity index (χ1n) is 9.56. The van der Waals surface area contributed by atoms with E-state index in [0.29, 0.717) is 41.8 Å². The molecule has 2 aromatic carbocycles. The molecule has 0 N–H and O–H groups in total. The highest BCUT2D eigenvalue weighted by Crippen LogP contribution is 2.25. The van der Waals surface area contributed by atoms with Crippen LogP contribution >= 0.6 is 11.6 Å². The zero-order chi connectivity index (χ0) is 21.1. The standard InChI is InChI=1S/C22H20ClFN4O2/c1-15-13-27(10-11-28(15)22(29)16-2-6-18(24)7-3-16)20-12-21(26-14-25-20)30-19-8-4-17(23)5-9-19/h2-9,12,14-15H,10-11,13H2,1H3. The van der Waals surface area contributed by atoms with Crippen LogP contribution in [0, 0.1) is 5.82 Å². The first-order chi connectivity index (χ1) is 14.5. The number of aromatic nitrogens is 2. The number of benzene rings is 2. The summed E-state index contributed by atoms with van der Waals surface area (Å²) >= 11 is 5.90. The van der Waals surface area contributed by atoms with Crippen molar-refractivity contribution in [3.8, 4) is 11.6 Å². The molecule has 6 nitrogen and oxygen atoms in total. The molecule has 1 saturated heterocycles. The first-order valence-corrected chi connectivity index (χ1v) is 9.94. The molecule has 3 aromatic rings. The monoisotopic (exact) mass is 426 g/mol. The fourth-order valence-electron chi connectivity index (χ4n) is 3.41. The maximum absolute atomic E-state index is 13.1. The van der Waals surface area contributed by atoms with Crippen molar-refractivity contribution >= 4 is 23.3 Å². The number of carbonyl (C=O) groups is 1. The molecule has 0 aliphatic carbocycles. The Bertz CT molecular complexity index is 1030. The highest BCUT2D eigenvalue weighted by Gasteiger charge is 2.29. The van der Waals surface area contributed by atoms with Crippen LogP contribution in [0.2, 0.25) is 5.02 Å². The van der Waals surface area contributed by atoms with E-state index in [9.17, 15) is 9.18 Å². The Balaban J connectivity index is 1.43. The minimum atomic E-state index is -0.357. The Hall–Kier alpha value is -3.19. The Morgan fingerprint density at radius 2 is 1.83 bits per heavy atom. The van der Waals surface area contributed by atoms with E-state index in [1.54, 1.807) is 35.2 Å². The molecule has 1 aromatic heterocycles. The second-order valence-corrected chi connectivity index (χ2v) is 7.51. The van der Waals surface area contributed by atoms with Crippen LogP contribution in [0.3, 0.4) is 0 Å². The zero-order valence-corrected chi connectivity index (χ0v) is 17.1. The van der Waals surface area contributed by atoms with Gasteiger partial charge in [-0.05, 0) is 55.5 Å². The smallest absolute Gasteiger partial charge is 0.254 e. The molecule has 30 heavy (non-hydrogen) atoms. The van der Waals surface area contributed by atoms with E-state index in [-0.39, 0.29) is 17.8 Å². The summed E-state index contributed by atoms with van der Waals surface area (Å²) in [4.78, 5) is 25.2. The number of piperazine rings is 1. The van der Waals surface area contributed by atoms with Crippen molar-refractivity contribution < 1.29 is 13.9 Å². The summed E-state index contributed by atoms with van der Waals surface area (Å²) in [6.45, 7) is 3.76. The molecule has 8 heteroatoms. The van der Waals surface area contributed by atoms with Crippen LogP contribution < -0.4 is 9.64 Å². The van der Waals surface area contributed by atoms with Crippen molar-refractivity contribution in [1.29, 1.82) is 0 Å². The Kier molecular flexibility index (Phi) is 5.81. The second-order valence-electron chi connectivity index (χ2n) is 7.07. The van der Waals surface area contributed by atoms with Gasteiger partial charge < -0.3 is 14.5 Å². The van der Waals surface area contributed by atoms with Gasteiger partial charge in [0, 0.05) is 42.3 Å². The van der Waals surface area contributed by atoms with E-state index in [0.717, 1.165) is 5.82 Å². The number of hydrogen-bond donors (Lipinski definition) is 0. The van der Waals surface area contributed by atoms with Crippen LogP contribution in [-0.4, -0.2) is 46.5 Å². The number of hydrogen-bond acceptors (Lipinski definition) is 5. The molecule has 1 fully saturated rings. The van der Waals surface area contributed by atoms with Gasteiger partial charge >= 0.3 is 0 Å². The molecule has 2 heterocycles. The van der Waals surface area contributed by atoms with Gasteiger partial charge in [-0.2, -0.15) is 0 Å². The molecule has 154 valence electrons. The summed E-state index contributed by atoms with van der Waals surface area (Å²) in [5.74, 6) is 1.34. The average Bonchev–Trinajstić information content (AvgIpc) is 2.75. The number of amides is 1. The van der Waals surface area contributed by atoms with Crippen LogP contribution in [-0.2, 0) is 0 Å². The van der Waals surface area contributed by atoms with E-state index in [2.05, 4.69) is 14.9 Å². The van der Waals surface area contributed by atoms with Gasteiger partial charge in [0.25, 0.3) is 5.91 Å². The number of ether oxygens (including phenoxy) is 1. The van der Waals surface area contributed by atoms with E-state index in [1.165, 1.54) is 30.6 Å². The molecule has 1 aliphatic heterocycles. The molecule has 0 spiro atoms. The van der Waals surface area contributed by atoms with Crippen LogP contribution in [0.1, 0.15) is 17.3 Å². The molecule has 0 saturated carbocycles. The topological polar surface area (TPSA) is 58.6 Å². The average molecular weight is 427 g/mol. The maximum atomic E-state index is 13.1. The number of halogens is 2. The highest BCUT2D eigenvalue weighted by atomic mass is 35.5. The lowest BCUT2D eigenvalue weighted by atomic mass is 10.1. The highest BCUT2D eigenvalue weighted by molar-refractivity contribution is 6.30. The van der Waals surface area contributed by atoms with E-state index in [4.69, 9.17) is 16.3 Å². The fourth-order valence-corrected chi connectivity index (χ4v) is 3.53. The number of anilines is 1. The van der Waals surface area contributed by atoms with Gasteiger partial charge in [0.1, 0.15) is 23.7 Å². The Morgan fingerprint density at radius 3 is 2.53 bits per heavy atom. The molecule has 0 radical (unpaired) electrons. The summed E-state index contributed by atoms with van der Waals surface area (Å²) in [6.07, 6.45) is 1.46. The number of carbonyl (C=O) groups excluding carboxylic acids is 1. The number of rotatable bonds is 4. The van der Waals surface area contributed by atoms with Crippen molar-refractivity contribution in [2.75, 3.05) is 24.5 Å². The van der Waals surface area contributed by atoms with Crippen molar-refractivity contribution in [2.24, 2.45) is 0 Å². The van der Waals surface area contributed by atoms with Gasteiger partial charge in [-0.3, -0.25) is 4.79 Å². The SMILES string of the molecule is CC1CN(c2cc(Oc3ccc(Cl)cc3)ncn2)CCN1C(=O)c1ccc(F)cc1. The van der Waals surface area contributed by atoms with Crippen molar-refractivity contribution in [2.45, 2.75) is 13.0 Å². The molecule has 1 atom stereocenters. The van der Waals surface area contributed by atoms with Gasteiger partial charge in [0.15, 0.2) is 0 Å². The van der Waals surface area contributed by atoms with E-state index < -0.39 is 0 Å². The number of nitrogens with zero attached hydrogens (tertiary/aromatic N) is 4. The molecule has 1 unspecified atom stereocenters. The van der Waals surface area contributed by atoms with E-state index in [1.807, 2.05) is 6.92 Å². The summed E-state index contributed by atoms with van der Waals surface area (Å²) in [7, 11) is 0. The summed E-state index contributed by atoms with van der Waals surface area (Å²) in [5, 5.41) is 0.632. The third kappa shape index (κ3) is 4.52. The quantitative estimate of drug-likeness (QED) is 0.618. The normalized spacial score (nSPS) is 16.4. The molecule has 0 bridgehead atoms. The molecule has 4 rings (SSSR count). The predicted octanol–water partition coefficient (Wildman–Crippen LogP) is 4.41. The summed E-state index contributed by atoms with van der Waals surface area (Å²) < 4.78 is 18.9. The van der Waals surface area contributed by atoms with Gasteiger partial charge in [-0.15, -0.1) is 0 Å². The lowest BCUT2D eigenvalue weighted by Crippen LogP contribution is -2.54. The van der Waals surface area contributed by atoms with Gasteiger partial charge in [0.2, 0.25) is 5.88 Å². The fraction of sp³-hybridized carbons (Fsp3) is 0.227. The van der Waals surface area contributed by atoms with Crippen LogP contribution in [0.4, 0.5) is 10.2 Å². The van der Waals surface area contributed by atoms with Crippen LogP contribution in [0.5, 0.6) is 11.6 Å². The summed E-state index contributed by atoms with van der Waals surface area (Å²) in [5.41, 5.74) is 0.484. The van der Waals surface area contributed by atoms with Crippen molar-refractivity contribution in [3.05, 3.63) is 77.3 Å². The Labute approximate surface area is 178 Å². The third-order valence-electron chi connectivity index (χ3n) is 4.97. The second kappa shape index (κ2) is 8.67. The van der Waals surface area contributed by atoms with Crippen LogP contribution in [0.25, 0.3) is 0 Å². The molecular weight excluding hydrogens is 407 g/mol. The van der Waals surface area contributed by atoms with Crippen molar-refractivity contribution in [1.82, 2.24) is 14.9 Å². The zero-order valence-electron chi connectivity index (χ0n) is 16.3. The predicted molar refractivity (Wildman–Crippen MR) is 113 cm³/mol. The molecular formula is C22H20ClFN4O2. The minimum Gasteiger partial charge on any atom is -0.439 e. The van der Waals surface area contributed by atoms with Crippen molar-refractivity contribution in [3.63, 3.8) is 0 Å². The maximum Gasteiger partial charge on any atom is 0.254 e. The first kappa shape index (κ1) is 20.1. The third-order valence-corrected chi connectivity index (χ3v) is 5.22. The molecule has 1 aliphatic rings. The Morgan fingerprint density at radius 1 is 1.10 bits per heavy atom.